The summed E-state index contributed by atoms with van der Waals surface area (Å²) in [5, 5.41) is 4.68. The second kappa shape index (κ2) is 11.8. The molecule has 2 aromatic carbocycles. The van der Waals surface area contributed by atoms with E-state index < -0.39 is 31.1 Å². The molecule has 0 bridgehead atoms. The van der Waals surface area contributed by atoms with Crippen LogP contribution in [0.3, 0.4) is 0 Å². The first-order chi connectivity index (χ1) is 16.4. The Morgan fingerprint density at radius 2 is 1.62 bits per heavy atom. The summed E-state index contributed by atoms with van der Waals surface area (Å²) in [5.41, 5.74) is 2.22. The predicted molar refractivity (Wildman–Crippen MR) is 127 cm³/mol. The van der Waals surface area contributed by atoms with E-state index in [1.54, 1.807) is 36.6 Å². The van der Waals surface area contributed by atoms with Crippen molar-refractivity contribution in [2.75, 3.05) is 25.1 Å². The molecule has 3 rings (SSSR count). The number of ketones is 1. The second-order valence-electron chi connectivity index (χ2n) is 7.02. The maximum absolute atomic E-state index is 12.6. The van der Waals surface area contributed by atoms with E-state index in [1.807, 2.05) is 30.3 Å². The van der Waals surface area contributed by atoms with Gasteiger partial charge >= 0.3 is 11.9 Å². The predicted octanol–water partition coefficient (Wildman–Crippen LogP) is 4.36. The number of rotatable bonds is 10. The molecule has 1 aromatic heterocycles. The Morgan fingerprint density at radius 1 is 0.912 bits per heavy atom. The molecule has 0 spiro atoms. The number of hydrogen-bond donors (Lipinski definition) is 1. The molecule has 0 saturated carbocycles. The van der Waals surface area contributed by atoms with Crippen LogP contribution >= 0.6 is 11.3 Å². The maximum atomic E-state index is 12.6. The molecular weight excluding hydrogens is 458 g/mol. The molecule has 0 atom stereocenters. The number of thiophene rings is 1. The van der Waals surface area contributed by atoms with Gasteiger partial charge in [-0.25, -0.2) is 9.59 Å². The van der Waals surface area contributed by atoms with Gasteiger partial charge in [0.05, 0.1) is 6.61 Å². The Kier molecular flexibility index (Phi) is 8.53. The van der Waals surface area contributed by atoms with Crippen LogP contribution in [-0.4, -0.2) is 43.4 Å². The number of carbonyl (C=O) groups is 4. The molecule has 0 fully saturated rings. The van der Waals surface area contributed by atoms with Crippen molar-refractivity contribution in [3.63, 3.8) is 0 Å². The third-order valence-electron chi connectivity index (χ3n) is 4.59. The Bertz CT molecular complexity index is 1170. The number of anilines is 1. The minimum Gasteiger partial charge on any atom is -0.482 e. The molecule has 176 valence electrons. The van der Waals surface area contributed by atoms with Gasteiger partial charge in [-0.15, -0.1) is 11.3 Å². The van der Waals surface area contributed by atoms with Crippen molar-refractivity contribution in [2.45, 2.75) is 13.8 Å². The summed E-state index contributed by atoms with van der Waals surface area (Å²) in [5.74, 6) is -1.60. The zero-order chi connectivity index (χ0) is 24.5. The molecule has 34 heavy (non-hydrogen) atoms. The number of ether oxygens (including phenoxy) is 3. The SMILES string of the molecule is CCOC(=O)c1c(-c2ccccc2)csc1NC(=O)COC(=O)COc1ccc(C(C)=O)cc1. The number of Topliss-reactive ketones (excluding diaryl/α,β-unsaturated/α-hetero) is 1. The second-order valence-corrected chi connectivity index (χ2v) is 7.90. The van der Waals surface area contributed by atoms with E-state index in [9.17, 15) is 19.2 Å². The van der Waals surface area contributed by atoms with Gasteiger partial charge in [-0.05, 0) is 43.7 Å². The van der Waals surface area contributed by atoms with Crippen LogP contribution in [0.1, 0.15) is 34.6 Å². The van der Waals surface area contributed by atoms with Crippen LogP contribution in [0.25, 0.3) is 11.1 Å². The standard InChI is InChI=1S/C25H23NO7S/c1-3-31-25(30)23-20(18-7-5-4-6-8-18)15-34-24(23)26-21(28)13-33-22(29)14-32-19-11-9-17(10-12-19)16(2)27/h4-12,15H,3,13-14H2,1-2H3,(H,26,28). The van der Waals surface area contributed by atoms with Crippen LogP contribution in [0.4, 0.5) is 5.00 Å². The summed E-state index contributed by atoms with van der Waals surface area (Å²) in [6, 6.07) is 15.6. The molecule has 1 heterocycles. The third-order valence-corrected chi connectivity index (χ3v) is 5.49. The lowest BCUT2D eigenvalue weighted by Gasteiger charge is -2.10. The number of nitrogens with one attached hydrogen (secondary N) is 1. The van der Waals surface area contributed by atoms with Gasteiger partial charge in [-0.1, -0.05) is 30.3 Å². The largest absolute Gasteiger partial charge is 0.482 e. The highest BCUT2D eigenvalue weighted by molar-refractivity contribution is 7.15. The van der Waals surface area contributed by atoms with Crippen LogP contribution in [0.15, 0.2) is 60.0 Å². The average Bonchev–Trinajstić information content (AvgIpc) is 3.26. The third kappa shape index (κ3) is 6.52. The van der Waals surface area contributed by atoms with E-state index in [2.05, 4.69) is 5.32 Å². The highest BCUT2D eigenvalue weighted by atomic mass is 32.1. The van der Waals surface area contributed by atoms with E-state index in [0.717, 1.165) is 5.56 Å². The molecule has 0 aliphatic rings. The van der Waals surface area contributed by atoms with Gasteiger partial charge in [0.1, 0.15) is 16.3 Å². The smallest absolute Gasteiger partial charge is 0.344 e. The first-order valence-corrected chi connectivity index (χ1v) is 11.3. The van der Waals surface area contributed by atoms with Gasteiger partial charge in [0.2, 0.25) is 0 Å². The molecule has 3 aromatic rings. The van der Waals surface area contributed by atoms with E-state index >= 15 is 0 Å². The molecule has 1 amide bonds. The van der Waals surface area contributed by atoms with Crippen molar-refractivity contribution in [1.82, 2.24) is 0 Å². The van der Waals surface area contributed by atoms with Crippen LogP contribution < -0.4 is 10.1 Å². The van der Waals surface area contributed by atoms with Gasteiger partial charge in [0.15, 0.2) is 19.0 Å². The Hall–Kier alpha value is -3.98. The van der Waals surface area contributed by atoms with Gasteiger partial charge in [0.25, 0.3) is 5.91 Å². The van der Waals surface area contributed by atoms with Crippen molar-refractivity contribution in [3.05, 3.63) is 71.1 Å². The number of carbonyl (C=O) groups excluding carboxylic acids is 4. The van der Waals surface area contributed by atoms with Gasteiger partial charge in [-0.3, -0.25) is 9.59 Å². The summed E-state index contributed by atoms with van der Waals surface area (Å²) < 4.78 is 15.4. The summed E-state index contributed by atoms with van der Waals surface area (Å²) in [6.07, 6.45) is 0. The van der Waals surface area contributed by atoms with E-state index in [0.29, 0.717) is 21.9 Å². The Balaban J connectivity index is 1.58. The van der Waals surface area contributed by atoms with Crippen molar-refractivity contribution in [3.8, 4) is 16.9 Å². The van der Waals surface area contributed by atoms with Crippen molar-refractivity contribution in [2.24, 2.45) is 0 Å². The molecule has 0 radical (unpaired) electrons. The fourth-order valence-electron chi connectivity index (χ4n) is 2.96. The van der Waals surface area contributed by atoms with E-state index in [4.69, 9.17) is 14.2 Å². The lowest BCUT2D eigenvalue weighted by Crippen LogP contribution is -2.24. The summed E-state index contributed by atoms with van der Waals surface area (Å²) in [4.78, 5) is 48.2. The first kappa shape index (κ1) is 24.7. The molecule has 0 aliphatic carbocycles. The van der Waals surface area contributed by atoms with Gasteiger partial charge in [-0.2, -0.15) is 0 Å². The topological polar surface area (TPSA) is 108 Å². The highest BCUT2D eigenvalue weighted by Gasteiger charge is 2.23. The molecule has 8 nitrogen and oxygen atoms in total. The molecule has 0 unspecified atom stereocenters. The van der Waals surface area contributed by atoms with Gasteiger partial charge in [0, 0.05) is 16.5 Å². The van der Waals surface area contributed by atoms with Crippen molar-refractivity contribution in [1.29, 1.82) is 0 Å². The number of esters is 2. The highest BCUT2D eigenvalue weighted by Crippen LogP contribution is 2.36. The first-order valence-electron chi connectivity index (χ1n) is 10.4. The molecule has 9 heteroatoms. The van der Waals surface area contributed by atoms with Gasteiger partial charge < -0.3 is 19.5 Å². The Labute approximate surface area is 200 Å². The lowest BCUT2D eigenvalue weighted by molar-refractivity contribution is -0.149. The monoisotopic (exact) mass is 481 g/mol. The van der Waals surface area contributed by atoms with Crippen molar-refractivity contribution >= 4 is 40.0 Å². The zero-order valence-corrected chi connectivity index (χ0v) is 19.5. The number of benzene rings is 2. The van der Waals surface area contributed by atoms with Crippen LogP contribution in [-0.2, 0) is 19.1 Å². The van der Waals surface area contributed by atoms with Crippen LogP contribution in [0, 0.1) is 0 Å². The normalized spacial score (nSPS) is 10.3. The zero-order valence-electron chi connectivity index (χ0n) is 18.7. The minimum atomic E-state index is -0.743. The Morgan fingerprint density at radius 3 is 2.26 bits per heavy atom. The minimum absolute atomic E-state index is 0.0790. The molecule has 0 saturated heterocycles. The summed E-state index contributed by atoms with van der Waals surface area (Å²) >= 11 is 1.18. The van der Waals surface area contributed by atoms with E-state index in [-0.39, 0.29) is 18.0 Å². The molecule has 0 aliphatic heterocycles. The van der Waals surface area contributed by atoms with Crippen molar-refractivity contribution < 1.29 is 33.4 Å². The van der Waals surface area contributed by atoms with E-state index in [1.165, 1.54) is 18.3 Å². The fraction of sp³-hybridized carbons (Fsp3) is 0.200. The maximum Gasteiger partial charge on any atom is 0.344 e. The van der Waals surface area contributed by atoms with Crippen LogP contribution in [0.5, 0.6) is 5.75 Å². The lowest BCUT2D eigenvalue weighted by atomic mass is 10.0. The average molecular weight is 482 g/mol. The molecular formula is C25H23NO7S. The summed E-state index contributed by atoms with van der Waals surface area (Å²) in [7, 11) is 0. The molecule has 1 N–H and O–H groups in total. The summed E-state index contributed by atoms with van der Waals surface area (Å²) in [6.45, 7) is 2.38. The quantitative estimate of drug-likeness (QED) is 0.339. The fourth-order valence-corrected chi connectivity index (χ4v) is 3.94. The number of amides is 1. The number of hydrogen-bond acceptors (Lipinski definition) is 8. The van der Waals surface area contributed by atoms with Crippen LogP contribution in [0.2, 0.25) is 0 Å².